The molecule has 2 aromatic rings. The van der Waals surface area contributed by atoms with Crippen LogP contribution in [0.15, 0.2) is 48.8 Å². The summed E-state index contributed by atoms with van der Waals surface area (Å²) in [5, 5.41) is 2.86. The highest BCUT2D eigenvalue weighted by molar-refractivity contribution is 5.92. The molecule has 1 aromatic heterocycles. The van der Waals surface area contributed by atoms with Crippen molar-refractivity contribution in [1.29, 1.82) is 0 Å². The third kappa shape index (κ3) is 6.20. The summed E-state index contributed by atoms with van der Waals surface area (Å²) in [5.74, 6) is 0.403. The van der Waals surface area contributed by atoms with Gasteiger partial charge in [-0.2, -0.15) is 0 Å². The van der Waals surface area contributed by atoms with E-state index in [4.69, 9.17) is 4.74 Å². The lowest BCUT2D eigenvalue weighted by molar-refractivity contribution is -0.129. The van der Waals surface area contributed by atoms with E-state index >= 15 is 0 Å². The number of anilines is 1. The summed E-state index contributed by atoms with van der Waals surface area (Å²) in [6, 6.07) is 11.0. The molecule has 6 nitrogen and oxygen atoms in total. The van der Waals surface area contributed by atoms with E-state index in [-0.39, 0.29) is 24.3 Å². The topological polar surface area (TPSA) is 71.5 Å². The SMILES string of the molecule is CC(=O)N(CCC(=O)Nc1ccccc1OC(C)C)Cc1ccncc1. The van der Waals surface area contributed by atoms with Gasteiger partial charge in [0.05, 0.1) is 11.8 Å². The van der Waals surface area contributed by atoms with E-state index in [9.17, 15) is 9.59 Å². The molecule has 1 aromatic carbocycles. The molecule has 2 amide bonds. The fourth-order valence-electron chi connectivity index (χ4n) is 2.43. The van der Waals surface area contributed by atoms with Gasteiger partial charge < -0.3 is 15.0 Å². The van der Waals surface area contributed by atoms with Gasteiger partial charge in [0.2, 0.25) is 11.8 Å². The van der Waals surface area contributed by atoms with Gasteiger partial charge in [-0.25, -0.2) is 0 Å². The second-order valence-electron chi connectivity index (χ2n) is 6.26. The molecule has 0 unspecified atom stereocenters. The van der Waals surface area contributed by atoms with Crippen LogP contribution in [-0.2, 0) is 16.1 Å². The third-order valence-corrected chi connectivity index (χ3v) is 3.70. The van der Waals surface area contributed by atoms with E-state index in [1.807, 2.05) is 44.2 Å². The first-order valence-corrected chi connectivity index (χ1v) is 8.65. The Kier molecular flexibility index (Phi) is 7.14. The Bertz CT molecular complexity index is 732. The fraction of sp³-hybridized carbons (Fsp3) is 0.350. The van der Waals surface area contributed by atoms with Crippen LogP contribution in [0.2, 0.25) is 0 Å². The number of pyridine rings is 1. The number of aromatic nitrogens is 1. The van der Waals surface area contributed by atoms with E-state index in [1.54, 1.807) is 23.4 Å². The first-order chi connectivity index (χ1) is 12.5. The molecule has 0 saturated heterocycles. The Labute approximate surface area is 154 Å². The maximum atomic E-state index is 12.3. The first kappa shape index (κ1) is 19.4. The van der Waals surface area contributed by atoms with Crippen molar-refractivity contribution in [2.24, 2.45) is 0 Å². The van der Waals surface area contributed by atoms with Gasteiger partial charge in [-0.3, -0.25) is 14.6 Å². The zero-order valence-corrected chi connectivity index (χ0v) is 15.4. The Balaban J connectivity index is 1.93. The fourth-order valence-corrected chi connectivity index (χ4v) is 2.43. The minimum Gasteiger partial charge on any atom is -0.489 e. The van der Waals surface area contributed by atoms with Crippen LogP contribution < -0.4 is 10.1 Å². The minimum atomic E-state index is -0.161. The maximum Gasteiger partial charge on any atom is 0.226 e. The van der Waals surface area contributed by atoms with Crippen LogP contribution >= 0.6 is 0 Å². The monoisotopic (exact) mass is 355 g/mol. The van der Waals surface area contributed by atoms with Crippen LogP contribution in [0.3, 0.4) is 0 Å². The second-order valence-corrected chi connectivity index (χ2v) is 6.26. The number of rotatable bonds is 8. The number of hydrogen-bond donors (Lipinski definition) is 1. The van der Waals surface area contributed by atoms with Crippen LogP contribution in [0.1, 0.15) is 32.8 Å². The second kappa shape index (κ2) is 9.56. The minimum absolute atomic E-state index is 0.0154. The smallest absolute Gasteiger partial charge is 0.226 e. The largest absolute Gasteiger partial charge is 0.489 e. The van der Waals surface area contributed by atoms with Crippen molar-refractivity contribution < 1.29 is 14.3 Å². The van der Waals surface area contributed by atoms with Crippen LogP contribution in [0.25, 0.3) is 0 Å². The molecule has 0 atom stereocenters. The molecule has 0 aliphatic carbocycles. The average molecular weight is 355 g/mol. The molecule has 138 valence electrons. The highest BCUT2D eigenvalue weighted by Gasteiger charge is 2.13. The molecule has 1 heterocycles. The summed E-state index contributed by atoms with van der Waals surface area (Å²) in [5.41, 5.74) is 1.61. The van der Waals surface area contributed by atoms with Crippen molar-refractivity contribution in [3.63, 3.8) is 0 Å². The standard InChI is InChI=1S/C20H25N3O3/c1-15(2)26-19-7-5-4-6-18(19)22-20(25)10-13-23(16(3)24)14-17-8-11-21-12-9-17/h4-9,11-12,15H,10,13-14H2,1-3H3,(H,22,25). The quantitative estimate of drug-likeness (QED) is 0.789. The number of nitrogens with one attached hydrogen (secondary N) is 1. The van der Waals surface area contributed by atoms with E-state index in [0.29, 0.717) is 24.5 Å². The Hall–Kier alpha value is -2.89. The van der Waals surface area contributed by atoms with E-state index < -0.39 is 0 Å². The predicted molar refractivity (Wildman–Crippen MR) is 101 cm³/mol. The molecule has 0 fully saturated rings. The molecular weight excluding hydrogens is 330 g/mol. The number of para-hydroxylation sites is 2. The molecule has 1 N–H and O–H groups in total. The van der Waals surface area contributed by atoms with Crippen LogP contribution in [0.5, 0.6) is 5.75 Å². The number of carbonyl (C=O) groups is 2. The average Bonchev–Trinajstić information content (AvgIpc) is 2.60. The summed E-state index contributed by atoms with van der Waals surface area (Å²) in [6.45, 7) is 6.17. The van der Waals surface area contributed by atoms with Gasteiger partial charge in [0.15, 0.2) is 0 Å². The molecule has 2 rings (SSSR count). The number of benzene rings is 1. The number of hydrogen-bond acceptors (Lipinski definition) is 4. The van der Waals surface area contributed by atoms with E-state index in [2.05, 4.69) is 10.3 Å². The van der Waals surface area contributed by atoms with E-state index in [0.717, 1.165) is 5.56 Å². The van der Waals surface area contributed by atoms with Gasteiger partial charge in [-0.1, -0.05) is 12.1 Å². The van der Waals surface area contributed by atoms with Crippen LogP contribution in [0.4, 0.5) is 5.69 Å². The molecular formula is C20H25N3O3. The molecule has 0 aliphatic heterocycles. The zero-order chi connectivity index (χ0) is 18.9. The summed E-state index contributed by atoms with van der Waals surface area (Å²) >= 11 is 0. The molecule has 0 saturated carbocycles. The number of amides is 2. The highest BCUT2D eigenvalue weighted by atomic mass is 16.5. The lowest BCUT2D eigenvalue weighted by Gasteiger charge is -2.21. The summed E-state index contributed by atoms with van der Waals surface area (Å²) in [7, 11) is 0. The van der Waals surface area contributed by atoms with Crippen molar-refractivity contribution in [3.8, 4) is 5.75 Å². The van der Waals surface area contributed by atoms with Gasteiger partial charge in [-0.15, -0.1) is 0 Å². The molecule has 26 heavy (non-hydrogen) atoms. The van der Waals surface area contributed by atoms with Crippen LogP contribution in [-0.4, -0.2) is 34.3 Å². The van der Waals surface area contributed by atoms with Crippen molar-refractivity contribution in [2.45, 2.75) is 39.8 Å². The van der Waals surface area contributed by atoms with Crippen molar-refractivity contribution in [3.05, 3.63) is 54.4 Å². The maximum absolute atomic E-state index is 12.3. The van der Waals surface area contributed by atoms with Crippen LogP contribution in [0, 0.1) is 0 Å². The van der Waals surface area contributed by atoms with E-state index in [1.165, 1.54) is 6.92 Å². The number of ether oxygens (including phenoxy) is 1. The lowest BCUT2D eigenvalue weighted by Crippen LogP contribution is -2.31. The van der Waals surface area contributed by atoms with Gasteiger partial charge in [-0.05, 0) is 43.7 Å². The predicted octanol–water partition coefficient (Wildman–Crippen LogP) is 3.25. The molecule has 0 radical (unpaired) electrons. The highest BCUT2D eigenvalue weighted by Crippen LogP contribution is 2.25. The summed E-state index contributed by atoms with van der Waals surface area (Å²) in [4.78, 5) is 29.8. The Morgan fingerprint density at radius 3 is 2.50 bits per heavy atom. The Morgan fingerprint density at radius 1 is 1.15 bits per heavy atom. The van der Waals surface area contributed by atoms with Crippen molar-refractivity contribution in [1.82, 2.24) is 9.88 Å². The Morgan fingerprint density at radius 2 is 1.85 bits per heavy atom. The summed E-state index contributed by atoms with van der Waals surface area (Å²) < 4.78 is 5.70. The zero-order valence-electron chi connectivity index (χ0n) is 15.4. The first-order valence-electron chi connectivity index (χ1n) is 8.65. The normalized spacial score (nSPS) is 10.5. The number of nitrogens with zero attached hydrogens (tertiary/aromatic N) is 2. The van der Waals surface area contributed by atoms with Crippen molar-refractivity contribution in [2.75, 3.05) is 11.9 Å². The van der Waals surface area contributed by atoms with Gasteiger partial charge in [0, 0.05) is 38.8 Å². The van der Waals surface area contributed by atoms with Crippen molar-refractivity contribution >= 4 is 17.5 Å². The van der Waals surface area contributed by atoms with Gasteiger partial charge in [0.25, 0.3) is 0 Å². The van der Waals surface area contributed by atoms with Gasteiger partial charge in [0.1, 0.15) is 5.75 Å². The number of carbonyl (C=O) groups excluding carboxylic acids is 2. The molecule has 6 heteroatoms. The molecule has 0 spiro atoms. The molecule has 0 aliphatic rings. The third-order valence-electron chi connectivity index (χ3n) is 3.70. The lowest BCUT2D eigenvalue weighted by atomic mass is 10.2. The molecule has 0 bridgehead atoms. The summed E-state index contributed by atoms with van der Waals surface area (Å²) in [6.07, 6.45) is 3.60. The van der Waals surface area contributed by atoms with Gasteiger partial charge >= 0.3 is 0 Å².